The van der Waals surface area contributed by atoms with Gasteiger partial charge in [-0.25, -0.2) is 4.39 Å². The molecule has 1 nitrogen and oxygen atoms in total. The molecule has 2 rings (SSSR count). The van der Waals surface area contributed by atoms with Gasteiger partial charge in [-0.05, 0) is 23.8 Å². The van der Waals surface area contributed by atoms with Gasteiger partial charge < -0.3 is 5.11 Å². The molecule has 0 aliphatic heterocycles. The molecule has 2 aromatic carbocycles. The van der Waals surface area contributed by atoms with Gasteiger partial charge in [-0.1, -0.05) is 35.9 Å². The van der Waals surface area contributed by atoms with Crippen molar-refractivity contribution in [3.8, 4) is 16.9 Å². The lowest BCUT2D eigenvalue weighted by atomic mass is 10.0. The maximum absolute atomic E-state index is 12.9. The van der Waals surface area contributed by atoms with E-state index in [1.807, 2.05) is 0 Å². The van der Waals surface area contributed by atoms with E-state index in [1.54, 1.807) is 30.3 Å². The second-order valence-corrected chi connectivity index (χ2v) is 3.55. The molecule has 0 saturated heterocycles. The number of halogens is 2. The van der Waals surface area contributed by atoms with E-state index >= 15 is 0 Å². The normalized spacial score (nSPS) is 10.3. The third-order valence-corrected chi connectivity index (χ3v) is 2.42. The number of hydrogen-bond acceptors (Lipinski definition) is 1. The number of hydrogen-bond donors (Lipinski definition) is 1. The summed E-state index contributed by atoms with van der Waals surface area (Å²) in [5.74, 6) is -0.309. The highest BCUT2D eigenvalue weighted by Gasteiger charge is 2.05. The molecule has 2 aromatic rings. The summed E-state index contributed by atoms with van der Waals surface area (Å²) in [6.45, 7) is 0. The molecule has 0 aliphatic carbocycles. The Kier molecular flexibility index (Phi) is 2.60. The van der Waals surface area contributed by atoms with E-state index in [9.17, 15) is 9.50 Å². The van der Waals surface area contributed by atoms with Crippen LogP contribution in [-0.4, -0.2) is 5.11 Å². The van der Waals surface area contributed by atoms with Crippen LogP contribution in [-0.2, 0) is 0 Å². The quantitative estimate of drug-likeness (QED) is 0.777. The Morgan fingerprint density at radius 1 is 1.07 bits per heavy atom. The van der Waals surface area contributed by atoms with Gasteiger partial charge in [-0.15, -0.1) is 0 Å². The molecule has 15 heavy (non-hydrogen) atoms. The Bertz CT molecular complexity index is 497. The Hall–Kier alpha value is -1.54. The van der Waals surface area contributed by atoms with Crippen LogP contribution in [0.2, 0.25) is 5.02 Å². The van der Waals surface area contributed by atoms with E-state index in [1.165, 1.54) is 12.1 Å². The fourth-order valence-electron chi connectivity index (χ4n) is 1.38. The molecule has 0 bridgehead atoms. The van der Waals surface area contributed by atoms with Crippen molar-refractivity contribution in [1.29, 1.82) is 0 Å². The predicted molar refractivity (Wildman–Crippen MR) is 58.5 cm³/mol. The Labute approximate surface area is 91.8 Å². The first-order valence-electron chi connectivity index (χ1n) is 4.42. The molecular formula is C12H8ClFO. The van der Waals surface area contributed by atoms with Crippen molar-refractivity contribution in [2.75, 3.05) is 0 Å². The number of phenols is 1. The topological polar surface area (TPSA) is 20.2 Å². The lowest BCUT2D eigenvalue weighted by molar-refractivity contribution is 0.477. The molecule has 0 radical (unpaired) electrons. The smallest absolute Gasteiger partial charge is 0.141 e. The van der Waals surface area contributed by atoms with Crippen LogP contribution in [0.25, 0.3) is 11.1 Å². The zero-order valence-electron chi connectivity index (χ0n) is 7.74. The molecular weight excluding hydrogens is 215 g/mol. The zero-order chi connectivity index (χ0) is 10.8. The van der Waals surface area contributed by atoms with Crippen LogP contribution in [0.1, 0.15) is 0 Å². The van der Waals surface area contributed by atoms with Gasteiger partial charge >= 0.3 is 0 Å². The van der Waals surface area contributed by atoms with Crippen molar-refractivity contribution in [1.82, 2.24) is 0 Å². The molecule has 0 fully saturated rings. The van der Waals surface area contributed by atoms with Crippen molar-refractivity contribution >= 4 is 11.6 Å². The van der Waals surface area contributed by atoms with Crippen molar-refractivity contribution in [2.45, 2.75) is 0 Å². The summed E-state index contributed by atoms with van der Waals surface area (Å²) in [5.41, 5.74) is 1.33. The summed E-state index contributed by atoms with van der Waals surface area (Å²) in [5, 5.41) is 9.64. The molecule has 3 heteroatoms. The van der Waals surface area contributed by atoms with Gasteiger partial charge in [-0.3, -0.25) is 0 Å². The monoisotopic (exact) mass is 222 g/mol. The molecule has 0 aromatic heterocycles. The SMILES string of the molecule is Oc1ccccc1-c1ccc(F)c(Cl)c1. The Morgan fingerprint density at radius 3 is 2.47 bits per heavy atom. The van der Waals surface area contributed by atoms with Crippen LogP contribution >= 0.6 is 11.6 Å². The van der Waals surface area contributed by atoms with E-state index in [0.29, 0.717) is 11.1 Å². The van der Waals surface area contributed by atoms with E-state index in [-0.39, 0.29) is 10.8 Å². The average Bonchev–Trinajstić information content (AvgIpc) is 2.23. The summed E-state index contributed by atoms with van der Waals surface area (Å²) in [7, 11) is 0. The summed E-state index contributed by atoms with van der Waals surface area (Å²) in [6.07, 6.45) is 0. The van der Waals surface area contributed by atoms with Crippen molar-refractivity contribution in [3.05, 3.63) is 53.3 Å². The molecule has 0 aliphatic rings. The van der Waals surface area contributed by atoms with Crippen molar-refractivity contribution < 1.29 is 9.50 Å². The highest BCUT2D eigenvalue weighted by Crippen LogP contribution is 2.30. The fraction of sp³-hybridized carbons (Fsp3) is 0. The van der Waals surface area contributed by atoms with E-state index in [4.69, 9.17) is 11.6 Å². The second-order valence-electron chi connectivity index (χ2n) is 3.15. The van der Waals surface area contributed by atoms with E-state index < -0.39 is 5.82 Å². The van der Waals surface area contributed by atoms with Crippen LogP contribution in [0.15, 0.2) is 42.5 Å². The third-order valence-electron chi connectivity index (χ3n) is 2.13. The Morgan fingerprint density at radius 2 is 1.80 bits per heavy atom. The van der Waals surface area contributed by atoms with Gasteiger partial charge in [-0.2, -0.15) is 0 Å². The van der Waals surface area contributed by atoms with Gasteiger partial charge in [0, 0.05) is 5.56 Å². The van der Waals surface area contributed by atoms with Crippen LogP contribution in [0.5, 0.6) is 5.75 Å². The standard InChI is InChI=1S/C12H8ClFO/c13-10-7-8(5-6-11(10)14)9-3-1-2-4-12(9)15/h1-7,15H. The minimum absolute atomic E-state index is 0.0516. The molecule has 0 saturated carbocycles. The van der Waals surface area contributed by atoms with Gasteiger partial charge in [0.05, 0.1) is 5.02 Å². The van der Waals surface area contributed by atoms with Gasteiger partial charge in [0.1, 0.15) is 11.6 Å². The van der Waals surface area contributed by atoms with Crippen LogP contribution in [0.4, 0.5) is 4.39 Å². The number of benzene rings is 2. The van der Waals surface area contributed by atoms with Crippen LogP contribution in [0, 0.1) is 5.82 Å². The van der Waals surface area contributed by atoms with Gasteiger partial charge in [0.2, 0.25) is 0 Å². The van der Waals surface area contributed by atoms with E-state index in [0.717, 1.165) is 0 Å². The first-order chi connectivity index (χ1) is 7.18. The minimum Gasteiger partial charge on any atom is -0.507 e. The molecule has 0 heterocycles. The van der Waals surface area contributed by atoms with E-state index in [2.05, 4.69) is 0 Å². The first-order valence-corrected chi connectivity index (χ1v) is 4.79. The summed E-state index contributed by atoms with van der Waals surface area (Å²) in [4.78, 5) is 0. The molecule has 76 valence electrons. The molecule has 1 N–H and O–H groups in total. The summed E-state index contributed by atoms with van der Waals surface area (Å²) >= 11 is 5.66. The predicted octanol–water partition coefficient (Wildman–Crippen LogP) is 3.85. The van der Waals surface area contributed by atoms with Crippen molar-refractivity contribution in [2.24, 2.45) is 0 Å². The number of rotatable bonds is 1. The summed E-state index contributed by atoms with van der Waals surface area (Å²) < 4.78 is 12.9. The Balaban J connectivity index is 2.55. The van der Waals surface area contributed by atoms with Gasteiger partial charge in [0.15, 0.2) is 0 Å². The number of phenolic OH excluding ortho intramolecular Hbond substituents is 1. The van der Waals surface area contributed by atoms with Gasteiger partial charge in [0.25, 0.3) is 0 Å². The largest absolute Gasteiger partial charge is 0.507 e. The molecule has 0 spiro atoms. The lowest BCUT2D eigenvalue weighted by Crippen LogP contribution is -1.81. The van der Waals surface area contributed by atoms with Crippen LogP contribution < -0.4 is 0 Å². The maximum Gasteiger partial charge on any atom is 0.141 e. The molecule has 0 atom stereocenters. The zero-order valence-corrected chi connectivity index (χ0v) is 8.50. The molecule has 0 unspecified atom stereocenters. The second kappa shape index (κ2) is 3.91. The first kappa shape index (κ1) is 9.99. The maximum atomic E-state index is 12.9. The highest BCUT2D eigenvalue weighted by molar-refractivity contribution is 6.31. The number of para-hydroxylation sites is 1. The highest BCUT2D eigenvalue weighted by atomic mass is 35.5. The third kappa shape index (κ3) is 1.95. The van der Waals surface area contributed by atoms with Crippen molar-refractivity contribution in [3.63, 3.8) is 0 Å². The number of aromatic hydroxyl groups is 1. The lowest BCUT2D eigenvalue weighted by Gasteiger charge is -2.04. The minimum atomic E-state index is -0.462. The van der Waals surface area contributed by atoms with Crippen LogP contribution in [0.3, 0.4) is 0 Å². The average molecular weight is 223 g/mol. The summed E-state index contributed by atoms with van der Waals surface area (Å²) in [6, 6.07) is 11.2. The molecule has 0 amide bonds. The fourth-order valence-corrected chi connectivity index (χ4v) is 1.56.